The van der Waals surface area contributed by atoms with E-state index in [1.165, 1.54) is 12.1 Å². The summed E-state index contributed by atoms with van der Waals surface area (Å²) in [5.74, 6) is -2.42. The van der Waals surface area contributed by atoms with Crippen LogP contribution >= 0.6 is 0 Å². The maximum Gasteiger partial charge on any atom is 0.336 e. The lowest BCUT2D eigenvalue weighted by molar-refractivity contribution is 0.0651. The summed E-state index contributed by atoms with van der Waals surface area (Å²) >= 11 is 0. The van der Waals surface area contributed by atoms with Crippen LogP contribution in [-0.4, -0.2) is 27.9 Å². The number of benzene rings is 3. The zero-order valence-electron chi connectivity index (χ0n) is 19.6. The first-order valence-electron chi connectivity index (χ1n) is 11.3. The van der Waals surface area contributed by atoms with E-state index in [0.717, 1.165) is 46.2 Å². The molecule has 0 saturated carbocycles. The molecule has 0 amide bonds. The van der Waals surface area contributed by atoms with Crippen molar-refractivity contribution < 1.29 is 24.6 Å². The monoisotopic (exact) mass is 456 g/mol. The van der Waals surface area contributed by atoms with E-state index < -0.39 is 11.9 Å². The summed E-state index contributed by atoms with van der Waals surface area (Å²) in [5, 5.41) is 18.5. The van der Waals surface area contributed by atoms with Crippen molar-refractivity contribution in [2.75, 3.05) is 0 Å². The lowest BCUT2D eigenvalue weighted by Gasteiger charge is -2.14. The average molecular weight is 457 g/mol. The summed E-state index contributed by atoms with van der Waals surface area (Å²) in [5.41, 5.74) is 6.21. The number of rotatable bonds is 9. The number of carbonyl (C=O) groups excluding carboxylic acids is 1. The van der Waals surface area contributed by atoms with E-state index in [-0.39, 0.29) is 16.9 Å². The SMILES string of the molecule is CCCc1cc(C(=O)CC)ccc1-c1cc(/C=C\c2ccc(C(=O)O)c(C(=O)O)c2)ccc1C. The van der Waals surface area contributed by atoms with Crippen molar-refractivity contribution in [3.8, 4) is 11.1 Å². The van der Waals surface area contributed by atoms with Crippen LogP contribution in [0.5, 0.6) is 0 Å². The predicted octanol–water partition coefficient (Wildman–Crippen LogP) is 6.77. The van der Waals surface area contributed by atoms with Crippen molar-refractivity contribution in [2.24, 2.45) is 0 Å². The van der Waals surface area contributed by atoms with Gasteiger partial charge < -0.3 is 10.2 Å². The quantitative estimate of drug-likeness (QED) is 0.274. The largest absolute Gasteiger partial charge is 0.478 e. The molecule has 0 aliphatic rings. The molecule has 3 aromatic carbocycles. The second kappa shape index (κ2) is 10.8. The van der Waals surface area contributed by atoms with Crippen LogP contribution in [0.3, 0.4) is 0 Å². The van der Waals surface area contributed by atoms with Crippen molar-refractivity contribution in [3.63, 3.8) is 0 Å². The van der Waals surface area contributed by atoms with Crippen molar-refractivity contribution in [3.05, 3.63) is 93.5 Å². The van der Waals surface area contributed by atoms with Gasteiger partial charge in [0, 0.05) is 12.0 Å². The third-order valence-electron chi connectivity index (χ3n) is 5.79. The minimum Gasteiger partial charge on any atom is -0.478 e. The first-order chi connectivity index (χ1) is 16.2. The third-order valence-corrected chi connectivity index (χ3v) is 5.79. The number of ketones is 1. The zero-order chi connectivity index (χ0) is 24.8. The fraction of sp³-hybridized carbons (Fsp3) is 0.207. The lowest BCUT2D eigenvalue weighted by Crippen LogP contribution is -2.07. The molecule has 3 rings (SSSR count). The van der Waals surface area contributed by atoms with E-state index in [1.807, 2.05) is 50.3 Å². The fourth-order valence-corrected chi connectivity index (χ4v) is 3.97. The minimum absolute atomic E-state index is 0.131. The van der Waals surface area contributed by atoms with Crippen LogP contribution in [0, 0.1) is 6.92 Å². The molecular weight excluding hydrogens is 428 g/mol. The molecule has 2 N–H and O–H groups in total. The van der Waals surface area contributed by atoms with Crippen molar-refractivity contribution in [2.45, 2.75) is 40.0 Å². The van der Waals surface area contributed by atoms with E-state index in [9.17, 15) is 24.6 Å². The summed E-state index contributed by atoms with van der Waals surface area (Å²) in [6.07, 6.45) is 5.95. The van der Waals surface area contributed by atoms with Crippen LogP contribution < -0.4 is 0 Å². The Hall–Kier alpha value is -3.99. The molecule has 0 fully saturated rings. The van der Waals surface area contributed by atoms with Gasteiger partial charge in [-0.05, 0) is 71.0 Å². The molecule has 0 radical (unpaired) electrons. The molecule has 0 aliphatic carbocycles. The topological polar surface area (TPSA) is 91.7 Å². The van der Waals surface area contributed by atoms with E-state index in [2.05, 4.69) is 13.0 Å². The van der Waals surface area contributed by atoms with Crippen LogP contribution in [0.4, 0.5) is 0 Å². The second-order valence-electron chi connectivity index (χ2n) is 8.22. The summed E-state index contributed by atoms with van der Waals surface area (Å²) in [6.45, 7) is 6.03. The summed E-state index contributed by atoms with van der Waals surface area (Å²) in [4.78, 5) is 34.9. The summed E-state index contributed by atoms with van der Waals surface area (Å²) < 4.78 is 0. The van der Waals surface area contributed by atoms with Crippen LogP contribution in [0.1, 0.15) is 80.0 Å². The van der Waals surface area contributed by atoms with Crippen molar-refractivity contribution in [1.29, 1.82) is 0 Å². The standard InChI is InChI=1S/C29H28O5/c1-4-6-21-17-22(27(30)5-2)12-14-23(21)25-15-19(8-7-18(25)3)9-10-20-11-13-24(28(31)32)26(16-20)29(33)34/h7-17H,4-6H2,1-3H3,(H,31,32)(H,33,34)/b10-9-. The molecule has 0 spiro atoms. The van der Waals surface area contributed by atoms with E-state index in [4.69, 9.17) is 0 Å². The Bertz CT molecular complexity index is 1280. The maximum absolute atomic E-state index is 12.2. The highest BCUT2D eigenvalue weighted by atomic mass is 16.4. The fourth-order valence-electron chi connectivity index (χ4n) is 3.97. The number of aromatic carboxylic acids is 2. The number of hydrogen-bond acceptors (Lipinski definition) is 3. The Labute approximate surface area is 199 Å². The van der Waals surface area contributed by atoms with E-state index >= 15 is 0 Å². The van der Waals surface area contributed by atoms with Gasteiger partial charge >= 0.3 is 11.9 Å². The normalized spacial score (nSPS) is 11.0. The number of carboxylic acids is 2. The van der Waals surface area contributed by atoms with Gasteiger partial charge in [-0.1, -0.05) is 62.8 Å². The molecular formula is C29H28O5. The summed E-state index contributed by atoms with van der Waals surface area (Å²) in [7, 11) is 0. The maximum atomic E-state index is 12.2. The molecule has 0 aliphatic heterocycles. The van der Waals surface area contributed by atoms with Gasteiger partial charge in [-0.15, -0.1) is 0 Å². The van der Waals surface area contributed by atoms with Crippen LogP contribution in [0.15, 0.2) is 54.6 Å². The van der Waals surface area contributed by atoms with Gasteiger partial charge in [0.2, 0.25) is 0 Å². The highest BCUT2D eigenvalue weighted by Gasteiger charge is 2.16. The van der Waals surface area contributed by atoms with Gasteiger partial charge in [-0.3, -0.25) is 4.79 Å². The Morgan fingerprint density at radius 1 is 0.765 bits per heavy atom. The molecule has 3 aromatic rings. The minimum atomic E-state index is -1.28. The highest BCUT2D eigenvalue weighted by molar-refractivity contribution is 6.02. The molecule has 0 aromatic heterocycles. The first-order valence-corrected chi connectivity index (χ1v) is 11.3. The number of aryl methyl sites for hydroxylation is 2. The average Bonchev–Trinajstić information content (AvgIpc) is 2.83. The molecule has 0 saturated heterocycles. The molecule has 0 bridgehead atoms. The Morgan fingerprint density at radius 2 is 1.41 bits per heavy atom. The number of Topliss-reactive ketones (excluding diaryl/α,β-unsaturated/α-hetero) is 1. The van der Waals surface area contributed by atoms with Gasteiger partial charge in [0.25, 0.3) is 0 Å². The van der Waals surface area contributed by atoms with Crippen LogP contribution in [0.2, 0.25) is 0 Å². The molecule has 174 valence electrons. The number of carbonyl (C=O) groups is 3. The molecule has 0 unspecified atom stereocenters. The molecule has 5 nitrogen and oxygen atoms in total. The molecule has 34 heavy (non-hydrogen) atoms. The van der Waals surface area contributed by atoms with Crippen molar-refractivity contribution in [1.82, 2.24) is 0 Å². The van der Waals surface area contributed by atoms with Gasteiger partial charge in [0.1, 0.15) is 0 Å². The highest BCUT2D eigenvalue weighted by Crippen LogP contribution is 2.30. The number of hydrogen-bond donors (Lipinski definition) is 2. The molecule has 0 atom stereocenters. The summed E-state index contributed by atoms with van der Waals surface area (Å²) in [6, 6.07) is 16.3. The van der Waals surface area contributed by atoms with Crippen LogP contribution in [-0.2, 0) is 6.42 Å². The molecule has 0 heterocycles. The Balaban J connectivity index is 2.00. The van der Waals surface area contributed by atoms with Gasteiger partial charge in [0.15, 0.2) is 5.78 Å². The van der Waals surface area contributed by atoms with E-state index in [1.54, 1.807) is 12.1 Å². The van der Waals surface area contributed by atoms with Crippen LogP contribution in [0.25, 0.3) is 23.3 Å². The predicted molar refractivity (Wildman–Crippen MR) is 135 cm³/mol. The van der Waals surface area contributed by atoms with Gasteiger partial charge in [0.05, 0.1) is 11.1 Å². The van der Waals surface area contributed by atoms with Crippen molar-refractivity contribution >= 4 is 29.9 Å². The Kier molecular flexibility index (Phi) is 7.79. The smallest absolute Gasteiger partial charge is 0.336 e. The Morgan fingerprint density at radius 3 is 2.03 bits per heavy atom. The first kappa shape index (κ1) is 24.6. The third kappa shape index (κ3) is 5.49. The van der Waals surface area contributed by atoms with Gasteiger partial charge in [-0.25, -0.2) is 9.59 Å². The van der Waals surface area contributed by atoms with E-state index in [0.29, 0.717) is 12.0 Å². The lowest BCUT2D eigenvalue weighted by atomic mass is 9.90. The zero-order valence-corrected chi connectivity index (χ0v) is 19.6. The number of carboxylic acid groups (broad SMARTS) is 2. The second-order valence-corrected chi connectivity index (χ2v) is 8.22. The van der Waals surface area contributed by atoms with Gasteiger partial charge in [-0.2, -0.15) is 0 Å². The molecule has 5 heteroatoms.